The minimum atomic E-state index is -0.908. The predicted molar refractivity (Wildman–Crippen MR) is 201 cm³/mol. The standard InChI is InChI=1S/C20H24ClN3O.C20H27N3O/c1-19(2,3)12-9-14(20(4,5)6)18(25)17(10-12)24-22-15-8-7-13(21)11-16(15)23-24;1-2-3-4-5-6-10-15-20(24)16-11-9-14-19(20)23-21-17-12-7-8-13-18(17)22-23/h7-11,25H,1-6H3;7-9,11-14,16,19,24H,2-6,10,15H2,1H3. The molecule has 0 spiro atoms. The van der Waals surface area contributed by atoms with E-state index in [4.69, 9.17) is 11.6 Å². The lowest BCUT2D eigenvalue weighted by atomic mass is 9.80. The van der Waals surface area contributed by atoms with E-state index in [-0.39, 0.29) is 22.6 Å². The fourth-order valence-corrected chi connectivity index (χ4v) is 6.29. The topological polar surface area (TPSA) is 102 Å². The lowest BCUT2D eigenvalue weighted by Crippen LogP contribution is -2.38. The van der Waals surface area contributed by atoms with Crippen LogP contribution in [0.15, 0.2) is 78.9 Å². The molecule has 0 saturated carbocycles. The molecule has 0 bridgehead atoms. The molecule has 0 amide bonds. The van der Waals surface area contributed by atoms with Gasteiger partial charge in [-0.3, -0.25) is 0 Å². The van der Waals surface area contributed by atoms with Crippen molar-refractivity contribution in [2.24, 2.45) is 0 Å². The maximum Gasteiger partial charge on any atom is 0.146 e. The largest absolute Gasteiger partial charge is 0.505 e. The predicted octanol–water partition coefficient (Wildman–Crippen LogP) is 9.95. The van der Waals surface area contributed by atoms with Crippen molar-refractivity contribution in [1.29, 1.82) is 0 Å². The molecule has 1 aliphatic carbocycles. The molecule has 2 aromatic heterocycles. The monoisotopic (exact) mass is 682 g/mol. The van der Waals surface area contributed by atoms with E-state index in [1.807, 2.05) is 60.7 Å². The summed E-state index contributed by atoms with van der Waals surface area (Å²) in [4.78, 5) is 3.17. The van der Waals surface area contributed by atoms with Crippen LogP contribution in [0.4, 0.5) is 0 Å². The van der Waals surface area contributed by atoms with Crippen LogP contribution >= 0.6 is 11.6 Å². The normalized spacial score (nSPS) is 17.9. The number of phenolic OH excluding ortho intramolecular Hbond substituents is 1. The number of hydrogen-bond acceptors (Lipinski definition) is 6. The van der Waals surface area contributed by atoms with Crippen LogP contribution in [0.25, 0.3) is 27.8 Å². The highest BCUT2D eigenvalue weighted by Crippen LogP contribution is 2.39. The van der Waals surface area contributed by atoms with Crippen LogP contribution in [-0.4, -0.2) is 45.8 Å². The SMILES string of the molecule is CC(C)(C)c1cc(-n2nc3ccc(Cl)cc3n2)c(O)c(C(C)(C)C)c1.CCCCCCCCC1(O)C=CC=CC1n1nc2ccccc2n1. The number of aliphatic hydroxyl groups is 1. The first-order valence-corrected chi connectivity index (χ1v) is 17.9. The molecular weight excluding hydrogens is 632 g/mol. The van der Waals surface area contributed by atoms with E-state index in [0.717, 1.165) is 40.5 Å². The highest BCUT2D eigenvalue weighted by molar-refractivity contribution is 6.31. The smallest absolute Gasteiger partial charge is 0.146 e. The zero-order valence-electron chi connectivity index (χ0n) is 30.0. The first-order valence-electron chi connectivity index (χ1n) is 17.5. The van der Waals surface area contributed by atoms with Gasteiger partial charge in [-0.15, -0.1) is 15.0 Å². The molecule has 2 heterocycles. The molecule has 2 atom stereocenters. The Kier molecular flexibility index (Phi) is 11.0. The molecule has 9 heteroatoms. The number of aromatic nitrogens is 6. The van der Waals surface area contributed by atoms with Crippen molar-refractivity contribution in [1.82, 2.24) is 30.0 Å². The zero-order chi connectivity index (χ0) is 35.4. The Morgan fingerprint density at radius 1 is 0.755 bits per heavy atom. The Morgan fingerprint density at radius 2 is 1.39 bits per heavy atom. The fraction of sp³-hybridized carbons (Fsp3) is 0.450. The molecule has 49 heavy (non-hydrogen) atoms. The third kappa shape index (κ3) is 8.60. The van der Waals surface area contributed by atoms with Gasteiger partial charge in [-0.05, 0) is 59.2 Å². The van der Waals surface area contributed by atoms with Gasteiger partial charge in [0.25, 0.3) is 0 Å². The van der Waals surface area contributed by atoms with Gasteiger partial charge in [0, 0.05) is 10.6 Å². The van der Waals surface area contributed by atoms with Gasteiger partial charge in [0.15, 0.2) is 0 Å². The molecule has 5 aromatic rings. The quantitative estimate of drug-likeness (QED) is 0.150. The van der Waals surface area contributed by atoms with Gasteiger partial charge >= 0.3 is 0 Å². The average molecular weight is 683 g/mol. The van der Waals surface area contributed by atoms with Gasteiger partial charge in [-0.25, -0.2) is 0 Å². The molecule has 2 N–H and O–H groups in total. The van der Waals surface area contributed by atoms with E-state index >= 15 is 0 Å². The fourth-order valence-electron chi connectivity index (χ4n) is 6.13. The highest BCUT2D eigenvalue weighted by Gasteiger charge is 2.36. The number of aromatic hydroxyl groups is 1. The zero-order valence-corrected chi connectivity index (χ0v) is 30.7. The summed E-state index contributed by atoms with van der Waals surface area (Å²) < 4.78 is 0. The summed E-state index contributed by atoms with van der Waals surface area (Å²) in [5, 5.41) is 40.9. The van der Waals surface area contributed by atoms with Crippen LogP contribution < -0.4 is 0 Å². The molecule has 2 unspecified atom stereocenters. The number of unbranched alkanes of at least 4 members (excludes halogenated alkanes) is 5. The molecule has 0 radical (unpaired) electrons. The Balaban J connectivity index is 0.000000191. The summed E-state index contributed by atoms with van der Waals surface area (Å²) in [6.45, 7) is 15.0. The second-order valence-electron chi connectivity index (χ2n) is 15.2. The maximum absolute atomic E-state index is 11.2. The number of phenols is 1. The van der Waals surface area contributed by atoms with Gasteiger partial charge in [-0.2, -0.15) is 15.0 Å². The number of nitrogens with zero attached hydrogens (tertiary/aromatic N) is 6. The van der Waals surface area contributed by atoms with Crippen molar-refractivity contribution in [3.8, 4) is 11.4 Å². The summed E-state index contributed by atoms with van der Waals surface area (Å²) in [6, 6.07) is 17.0. The number of hydrogen-bond donors (Lipinski definition) is 2. The Labute approximate surface area is 295 Å². The minimum Gasteiger partial charge on any atom is -0.505 e. The van der Waals surface area contributed by atoms with Gasteiger partial charge in [0.2, 0.25) is 0 Å². The van der Waals surface area contributed by atoms with Crippen LogP contribution in [-0.2, 0) is 10.8 Å². The molecule has 0 saturated heterocycles. The second-order valence-corrected chi connectivity index (χ2v) is 15.7. The van der Waals surface area contributed by atoms with E-state index < -0.39 is 5.60 Å². The van der Waals surface area contributed by atoms with Crippen molar-refractivity contribution in [3.63, 3.8) is 0 Å². The lowest BCUT2D eigenvalue weighted by Gasteiger charge is -2.33. The molecular formula is C40H51ClN6O2. The maximum atomic E-state index is 11.2. The number of allylic oxidation sites excluding steroid dienone is 2. The molecule has 3 aromatic carbocycles. The number of rotatable bonds is 9. The van der Waals surface area contributed by atoms with Gasteiger partial charge in [0.1, 0.15) is 45.1 Å². The third-order valence-electron chi connectivity index (χ3n) is 9.10. The molecule has 260 valence electrons. The molecule has 1 aliphatic rings. The summed E-state index contributed by atoms with van der Waals surface area (Å²) in [5.41, 5.74) is 4.60. The summed E-state index contributed by atoms with van der Waals surface area (Å²) in [6.07, 6.45) is 15.8. The minimum absolute atomic E-state index is 0.0572. The summed E-state index contributed by atoms with van der Waals surface area (Å²) >= 11 is 6.05. The highest BCUT2D eigenvalue weighted by atomic mass is 35.5. The lowest BCUT2D eigenvalue weighted by molar-refractivity contribution is 0.0308. The van der Waals surface area contributed by atoms with E-state index in [9.17, 15) is 10.2 Å². The van der Waals surface area contributed by atoms with Crippen molar-refractivity contribution < 1.29 is 10.2 Å². The Bertz CT molecular complexity index is 1910. The van der Waals surface area contributed by atoms with E-state index in [1.165, 1.54) is 36.9 Å². The van der Waals surface area contributed by atoms with Crippen LogP contribution in [0.3, 0.4) is 0 Å². The van der Waals surface area contributed by atoms with Crippen molar-refractivity contribution >= 4 is 33.7 Å². The van der Waals surface area contributed by atoms with E-state index in [2.05, 4.69) is 74.9 Å². The van der Waals surface area contributed by atoms with Crippen molar-refractivity contribution in [2.75, 3.05) is 0 Å². The van der Waals surface area contributed by atoms with Crippen LogP contribution in [0, 0.1) is 0 Å². The first kappa shape index (κ1) is 36.3. The van der Waals surface area contributed by atoms with Gasteiger partial charge < -0.3 is 10.2 Å². The van der Waals surface area contributed by atoms with Gasteiger partial charge in [-0.1, -0.05) is 141 Å². The van der Waals surface area contributed by atoms with Crippen molar-refractivity contribution in [3.05, 3.63) is 95.1 Å². The van der Waals surface area contributed by atoms with E-state index in [0.29, 0.717) is 16.2 Å². The average Bonchev–Trinajstić information content (AvgIpc) is 3.66. The Morgan fingerprint density at radius 3 is 2.04 bits per heavy atom. The second kappa shape index (κ2) is 14.9. The summed E-state index contributed by atoms with van der Waals surface area (Å²) in [5.74, 6) is 0.215. The number of halogens is 1. The Hall–Kier alpha value is -4.01. The van der Waals surface area contributed by atoms with Gasteiger partial charge in [0.05, 0.1) is 0 Å². The number of benzene rings is 3. The number of fused-ring (bicyclic) bond motifs is 2. The third-order valence-corrected chi connectivity index (χ3v) is 9.34. The van der Waals surface area contributed by atoms with E-state index in [1.54, 1.807) is 16.9 Å². The molecule has 8 nitrogen and oxygen atoms in total. The van der Waals surface area contributed by atoms with Crippen LogP contribution in [0.1, 0.15) is 111 Å². The molecule has 6 rings (SSSR count). The van der Waals surface area contributed by atoms with Crippen LogP contribution in [0.5, 0.6) is 5.75 Å². The summed E-state index contributed by atoms with van der Waals surface area (Å²) in [7, 11) is 0. The first-order chi connectivity index (χ1) is 23.2. The van der Waals surface area contributed by atoms with Crippen molar-refractivity contribution in [2.45, 2.75) is 116 Å². The molecule has 0 fully saturated rings. The van der Waals surface area contributed by atoms with Crippen LogP contribution in [0.2, 0.25) is 5.02 Å². The molecule has 0 aliphatic heterocycles.